The molecule has 0 heterocycles. The fourth-order valence-corrected chi connectivity index (χ4v) is 4.55. The van der Waals surface area contributed by atoms with Crippen LogP contribution >= 0.6 is 0 Å². The van der Waals surface area contributed by atoms with E-state index in [-0.39, 0.29) is 0 Å². The molecule has 30 heavy (non-hydrogen) atoms. The second kappa shape index (κ2) is 6.86. The summed E-state index contributed by atoms with van der Waals surface area (Å²) < 4.78 is 7.89. The van der Waals surface area contributed by atoms with Crippen LogP contribution in [0.4, 0.5) is 0 Å². The molecule has 6 rings (SSSR count). The van der Waals surface area contributed by atoms with E-state index in [0.29, 0.717) is 6.04 Å². The van der Waals surface area contributed by atoms with Gasteiger partial charge in [0, 0.05) is 0 Å². The minimum Gasteiger partial charge on any atom is -0.0616 e. The van der Waals surface area contributed by atoms with Crippen LogP contribution in [0.5, 0.6) is 0 Å². The Morgan fingerprint density at radius 1 is 0.433 bits per heavy atom. The molecule has 0 amide bonds. The molecule has 0 spiro atoms. The van der Waals surface area contributed by atoms with Crippen LogP contribution in [0.2, 0.25) is 0 Å². The monoisotopic (exact) mass is 381 g/mol. The van der Waals surface area contributed by atoms with Crippen LogP contribution in [0.25, 0.3) is 54.6 Å². The van der Waals surface area contributed by atoms with Crippen molar-refractivity contribution in [1.82, 2.24) is 0 Å². The molecular formula is C30H20. The fraction of sp³-hybridized carbons (Fsp3) is 0. The topological polar surface area (TPSA) is 0 Å². The van der Waals surface area contributed by atoms with Crippen LogP contribution in [0, 0.1) is 0 Å². The van der Waals surface area contributed by atoms with Crippen molar-refractivity contribution in [1.29, 1.82) is 0 Å². The molecule has 0 aliphatic rings. The zero-order chi connectivity index (χ0) is 20.8. The Hall–Kier alpha value is -3.90. The minimum absolute atomic E-state index is 0.544. The maximum absolute atomic E-state index is 7.89. The largest absolute Gasteiger partial charge is 0.0623 e. The van der Waals surface area contributed by atoms with Gasteiger partial charge in [-0.1, -0.05) is 109 Å². The lowest BCUT2D eigenvalue weighted by Crippen LogP contribution is -1.89. The number of fused-ring (bicyclic) bond motifs is 3. The molecule has 0 saturated carbocycles. The van der Waals surface area contributed by atoms with Crippen molar-refractivity contribution < 1.29 is 1.37 Å². The summed E-state index contributed by atoms with van der Waals surface area (Å²) in [6.45, 7) is 0. The standard InChI is InChI=1S/C30H20/c1-2-10-22-19-25(18-17-21(22)9-1)26-13-7-8-16-29(26)30-27-14-5-3-11-23(27)20-24-12-4-6-15-28(24)30/h1-20H/i1D. The zero-order valence-electron chi connectivity index (χ0n) is 17.5. The molecule has 0 unspecified atom stereocenters. The molecule has 0 N–H and O–H groups in total. The summed E-state index contributed by atoms with van der Waals surface area (Å²) >= 11 is 0. The lowest BCUT2D eigenvalue weighted by molar-refractivity contribution is 1.63. The van der Waals surface area contributed by atoms with Crippen LogP contribution in [-0.4, -0.2) is 0 Å². The maximum atomic E-state index is 7.89. The minimum atomic E-state index is 0.544. The van der Waals surface area contributed by atoms with E-state index in [2.05, 4.69) is 97.1 Å². The van der Waals surface area contributed by atoms with E-state index in [1.165, 1.54) is 43.8 Å². The smallest absolute Gasteiger partial charge is 0.0616 e. The Bertz CT molecular complexity index is 1540. The molecule has 0 fully saturated rings. The highest BCUT2D eigenvalue weighted by Gasteiger charge is 2.14. The SMILES string of the molecule is [2H]c1ccc2cc(-c3ccccc3-c3c4ccccc4cc4ccccc34)ccc2c1. The van der Waals surface area contributed by atoms with Crippen molar-refractivity contribution in [2.45, 2.75) is 0 Å². The van der Waals surface area contributed by atoms with Gasteiger partial charge in [-0.15, -0.1) is 0 Å². The average Bonchev–Trinajstić information content (AvgIpc) is 2.82. The second-order valence-electron chi connectivity index (χ2n) is 7.73. The van der Waals surface area contributed by atoms with Gasteiger partial charge in [-0.25, -0.2) is 0 Å². The summed E-state index contributed by atoms with van der Waals surface area (Å²) in [6.07, 6.45) is 0. The molecule has 0 radical (unpaired) electrons. The van der Waals surface area contributed by atoms with E-state index in [4.69, 9.17) is 1.37 Å². The molecule has 0 aromatic heterocycles. The van der Waals surface area contributed by atoms with Crippen molar-refractivity contribution in [2.75, 3.05) is 0 Å². The molecule has 0 heteroatoms. The van der Waals surface area contributed by atoms with Crippen LogP contribution in [-0.2, 0) is 0 Å². The van der Waals surface area contributed by atoms with Gasteiger partial charge in [0.05, 0.1) is 1.37 Å². The van der Waals surface area contributed by atoms with Crippen LogP contribution in [0.15, 0.2) is 121 Å². The van der Waals surface area contributed by atoms with Gasteiger partial charge in [-0.3, -0.25) is 0 Å². The number of benzene rings is 6. The predicted octanol–water partition coefficient (Wildman–Crippen LogP) is 8.48. The van der Waals surface area contributed by atoms with E-state index < -0.39 is 0 Å². The van der Waals surface area contributed by atoms with Crippen LogP contribution in [0.1, 0.15) is 1.37 Å². The molecule has 0 aliphatic carbocycles. The Morgan fingerprint density at radius 2 is 1.07 bits per heavy atom. The van der Waals surface area contributed by atoms with Gasteiger partial charge in [0.25, 0.3) is 0 Å². The Morgan fingerprint density at radius 3 is 1.83 bits per heavy atom. The van der Waals surface area contributed by atoms with E-state index in [9.17, 15) is 0 Å². The average molecular weight is 381 g/mol. The van der Waals surface area contributed by atoms with Gasteiger partial charge < -0.3 is 0 Å². The lowest BCUT2D eigenvalue weighted by Gasteiger charge is -2.16. The summed E-state index contributed by atoms with van der Waals surface area (Å²) in [6, 6.07) is 41.2. The van der Waals surface area contributed by atoms with Crippen molar-refractivity contribution in [2.24, 2.45) is 0 Å². The molecular weight excluding hydrogens is 360 g/mol. The first-order valence-corrected chi connectivity index (χ1v) is 10.3. The van der Waals surface area contributed by atoms with E-state index >= 15 is 0 Å². The summed E-state index contributed by atoms with van der Waals surface area (Å²) in [7, 11) is 0. The number of rotatable bonds is 2. The van der Waals surface area contributed by atoms with E-state index in [0.717, 1.165) is 10.8 Å². The van der Waals surface area contributed by atoms with Gasteiger partial charge in [0.15, 0.2) is 0 Å². The first kappa shape index (κ1) is 16.0. The normalized spacial score (nSPS) is 11.8. The van der Waals surface area contributed by atoms with Crippen molar-refractivity contribution in [3.63, 3.8) is 0 Å². The third-order valence-electron chi connectivity index (χ3n) is 5.96. The molecule has 0 aliphatic heterocycles. The molecule has 140 valence electrons. The first-order chi connectivity index (χ1) is 15.3. The summed E-state index contributed by atoms with van der Waals surface area (Å²) in [5.74, 6) is 0. The second-order valence-corrected chi connectivity index (χ2v) is 7.73. The van der Waals surface area contributed by atoms with Gasteiger partial charge >= 0.3 is 0 Å². The molecule has 0 atom stereocenters. The summed E-state index contributed by atoms with van der Waals surface area (Å²) in [4.78, 5) is 0. The highest BCUT2D eigenvalue weighted by atomic mass is 14.2. The molecule has 0 bridgehead atoms. The predicted molar refractivity (Wildman–Crippen MR) is 130 cm³/mol. The quantitative estimate of drug-likeness (QED) is 0.264. The molecule has 6 aromatic rings. The molecule has 6 aromatic carbocycles. The van der Waals surface area contributed by atoms with E-state index in [1.807, 2.05) is 18.2 Å². The van der Waals surface area contributed by atoms with E-state index in [1.54, 1.807) is 0 Å². The van der Waals surface area contributed by atoms with Crippen molar-refractivity contribution in [3.8, 4) is 22.3 Å². The third kappa shape index (κ3) is 2.69. The number of hydrogen-bond donors (Lipinski definition) is 0. The van der Waals surface area contributed by atoms with Crippen molar-refractivity contribution in [3.05, 3.63) is 121 Å². The van der Waals surface area contributed by atoms with Crippen LogP contribution in [0.3, 0.4) is 0 Å². The highest BCUT2D eigenvalue weighted by molar-refractivity contribution is 6.14. The van der Waals surface area contributed by atoms with Crippen LogP contribution < -0.4 is 0 Å². The maximum Gasteiger partial charge on any atom is 0.0623 e. The Balaban J connectivity index is 1.68. The summed E-state index contributed by atoms with van der Waals surface area (Å²) in [5, 5.41) is 7.32. The highest BCUT2D eigenvalue weighted by Crippen LogP contribution is 2.41. The van der Waals surface area contributed by atoms with Gasteiger partial charge in [-0.2, -0.15) is 0 Å². The van der Waals surface area contributed by atoms with Gasteiger partial charge in [0.2, 0.25) is 0 Å². The molecule has 0 saturated heterocycles. The summed E-state index contributed by atoms with van der Waals surface area (Å²) in [5.41, 5.74) is 4.94. The fourth-order valence-electron chi connectivity index (χ4n) is 4.55. The Kier molecular flexibility index (Phi) is 3.65. The zero-order valence-corrected chi connectivity index (χ0v) is 16.5. The Labute approximate surface area is 177 Å². The van der Waals surface area contributed by atoms with Crippen molar-refractivity contribution >= 4 is 32.3 Å². The third-order valence-corrected chi connectivity index (χ3v) is 5.96. The van der Waals surface area contributed by atoms with Gasteiger partial charge in [-0.05, 0) is 66.7 Å². The lowest BCUT2D eigenvalue weighted by atomic mass is 9.87. The molecule has 0 nitrogen and oxygen atoms in total. The van der Waals surface area contributed by atoms with Gasteiger partial charge in [0.1, 0.15) is 0 Å². The number of hydrogen-bond acceptors (Lipinski definition) is 0. The first-order valence-electron chi connectivity index (χ1n) is 10.8.